The lowest BCUT2D eigenvalue weighted by molar-refractivity contribution is 0.703. The third-order valence-corrected chi connectivity index (χ3v) is 4.91. The summed E-state index contributed by atoms with van der Waals surface area (Å²) >= 11 is 1.70. The number of rotatable bonds is 5. The lowest BCUT2D eigenvalue weighted by atomic mass is 10.0. The molecule has 1 aromatic carbocycles. The molecule has 4 heteroatoms. The Labute approximate surface area is 125 Å². The molecule has 0 aliphatic rings. The van der Waals surface area contributed by atoms with Crippen LogP contribution in [0.15, 0.2) is 24.3 Å². The molecule has 2 rings (SSSR count). The number of anilines is 2. The van der Waals surface area contributed by atoms with Gasteiger partial charge in [-0.15, -0.1) is 0 Å². The number of thiazole rings is 1. The Bertz CT molecular complexity index is 577. The van der Waals surface area contributed by atoms with E-state index < -0.39 is 0 Å². The van der Waals surface area contributed by atoms with E-state index in [0.717, 1.165) is 17.2 Å². The molecule has 0 saturated heterocycles. The highest BCUT2D eigenvalue weighted by Gasteiger charge is 2.18. The van der Waals surface area contributed by atoms with Crippen molar-refractivity contribution < 1.29 is 0 Å². The van der Waals surface area contributed by atoms with Crippen molar-refractivity contribution in [1.29, 1.82) is 0 Å². The Morgan fingerprint density at radius 3 is 2.65 bits per heavy atom. The van der Waals surface area contributed by atoms with Gasteiger partial charge in [-0.2, -0.15) is 0 Å². The van der Waals surface area contributed by atoms with Crippen LogP contribution in [0.3, 0.4) is 0 Å². The normalized spacial score (nSPS) is 12.4. The number of hydrogen-bond donors (Lipinski definition) is 1. The van der Waals surface area contributed by atoms with E-state index in [0.29, 0.717) is 12.5 Å². The van der Waals surface area contributed by atoms with Crippen molar-refractivity contribution >= 4 is 22.2 Å². The van der Waals surface area contributed by atoms with Crippen molar-refractivity contribution in [1.82, 2.24) is 4.98 Å². The van der Waals surface area contributed by atoms with Crippen LogP contribution in [0, 0.1) is 6.92 Å². The highest BCUT2D eigenvalue weighted by molar-refractivity contribution is 7.15. The van der Waals surface area contributed by atoms with Crippen molar-refractivity contribution in [2.45, 2.75) is 39.7 Å². The summed E-state index contributed by atoms with van der Waals surface area (Å²) < 4.78 is 0. The van der Waals surface area contributed by atoms with Gasteiger partial charge in [-0.3, -0.25) is 0 Å². The minimum atomic E-state index is 0.462. The summed E-state index contributed by atoms with van der Waals surface area (Å²) in [5.41, 5.74) is 9.49. The van der Waals surface area contributed by atoms with E-state index in [9.17, 15) is 0 Å². The lowest BCUT2D eigenvalue weighted by Gasteiger charge is -2.18. The van der Waals surface area contributed by atoms with E-state index >= 15 is 0 Å². The molecule has 2 aromatic rings. The molecule has 0 saturated carbocycles. The summed E-state index contributed by atoms with van der Waals surface area (Å²) in [4.78, 5) is 8.19. The molecule has 1 atom stereocenters. The Hall–Kier alpha value is -1.39. The summed E-state index contributed by atoms with van der Waals surface area (Å²) in [6, 6.07) is 8.37. The molecule has 0 aliphatic heterocycles. The zero-order valence-electron chi connectivity index (χ0n) is 12.7. The first-order valence-electron chi connectivity index (χ1n) is 7.07. The van der Waals surface area contributed by atoms with Crippen LogP contribution < -0.4 is 10.6 Å². The highest BCUT2D eigenvalue weighted by atomic mass is 32.1. The number of nitrogens with two attached hydrogens (primary N) is 1. The Morgan fingerprint density at radius 2 is 2.05 bits per heavy atom. The van der Waals surface area contributed by atoms with Gasteiger partial charge >= 0.3 is 0 Å². The van der Waals surface area contributed by atoms with Crippen molar-refractivity contribution in [3.8, 4) is 0 Å². The third-order valence-electron chi connectivity index (χ3n) is 3.74. The summed E-state index contributed by atoms with van der Waals surface area (Å²) in [6.45, 7) is 7.10. The first-order chi connectivity index (χ1) is 9.58. The average Bonchev–Trinajstić information content (AvgIpc) is 2.90. The van der Waals surface area contributed by atoms with Gasteiger partial charge in [0.2, 0.25) is 0 Å². The third kappa shape index (κ3) is 2.86. The molecular formula is C16H23N3S. The second-order valence-corrected chi connectivity index (χ2v) is 6.23. The van der Waals surface area contributed by atoms with Gasteiger partial charge < -0.3 is 10.6 Å². The van der Waals surface area contributed by atoms with Crippen LogP contribution in [0.5, 0.6) is 0 Å². The minimum absolute atomic E-state index is 0.462. The van der Waals surface area contributed by atoms with Crippen molar-refractivity contribution in [2.75, 3.05) is 11.9 Å². The van der Waals surface area contributed by atoms with Crippen LogP contribution in [-0.4, -0.2) is 12.0 Å². The molecule has 0 aliphatic carbocycles. The zero-order valence-corrected chi connectivity index (χ0v) is 13.5. The number of nitrogens with zero attached hydrogens (tertiary/aromatic N) is 2. The molecule has 0 spiro atoms. The first kappa shape index (κ1) is 15.0. The van der Waals surface area contributed by atoms with Crippen LogP contribution in [0.1, 0.15) is 42.3 Å². The van der Waals surface area contributed by atoms with Gasteiger partial charge in [0.05, 0.1) is 5.69 Å². The SMILES string of the molecule is CCC(C)c1nc(N(C)c2ccccc2C)sc1CN. The van der Waals surface area contributed by atoms with Crippen LogP contribution in [0.25, 0.3) is 0 Å². The van der Waals surface area contributed by atoms with Crippen LogP contribution in [0.4, 0.5) is 10.8 Å². The molecule has 1 unspecified atom stereocenters. The molecule has 1 heterocycles. The summed E-state index contributed by atoms with van der Waals surface area (Å²) in [5.74, 6) is 0.462. The molecular weight excluding hydrogens is 266 g/mol. The largest absolute Gasteiger partial charge is 0.326 e. The Balaban J connectivity index is 2.38. The Kier molecular flexibility index (Phi) is 4.78. The quantitative estimate of drug-likeness (QED) is 0.897. The summed E-state index contributed by atoms with van der Waals surface area (Å²) in [6.07, 6.45) is 1.09. The van der Waals surface area contributed by atoms with E-state index in [-0.39, 0.29) is 0 Å². The standard InChI is InChI=1S/C16H23N3S/c1-5-11(2)15-14(10-17)20-16(18-15)19(4)13-9-7-6-8-12(13)3/h6-9,11H,5,10,17H2,1-4H3. The van der Waals surface area contributed by atoms with E-state index in [1.807, 2.05) is 0 Å². The average molecular weight is 289 g/mol. The molecule has 108 valence electrons. The van der Waals surface area contributed by atoms with Gasteiger partial charge in [0.25, 0.3) is 0 Å². The predicted octanol–water partition coefficient (Wildman–Crippen LogP) is 4.19. The maximum absolute atomic E-state index is 5.88. The van der Waals surface area contributed by atoms with Crippen LogP contribution >= 0.6 is 11.3 Å². The van der Waals surface area contributed by atoms with Gasteiger partial charge in [0, 0.05) is 24.2 Å². The van der Waals surface area contributed by atoms with Gasteiger partial charge in [0.1, 0.15) is 0 Å². The molecule has 0 amide bonds. The van der Waals surface area contributed by atoms with Crippen LogP contribution in [-0.2, 0) is 6.54 Å². The monoisotopic (exact) mass is 289 g/mol. The van der Waals surface area contributed by atoms with Crippen molar-refractivity contribution in [3.63, 3.8) is 0 Å². The maximum Gasteiger partial charge on any atom is 0.190 e. The van der Waals surface area contributed by atoms with Crippen LogP contribution in [0.2, 0.25) is 0 Å². The number of para-hydroxylation sites is 1. The fourth-order valence-corrected chi connectivity index (χ4v) is 3.30. The second kappa shape index (κ2) is 6.37. The molecule has 20 heavy (non-hydrogen) atoms. The lowest BCUT2D eigenvalue weighted by Crippen LogP contribution is -2.10. The molecule has 3 nitrogen and oxygen atoms in total. The number of hydrogen-bond acceptors (Lipinski definition) is 4. The first-order valence-corrected chi connectivity index (χ1v) is 7.89. The predicted molar refractivity (Wildman–Crippen MR) is 88.0 cm³/mol. The molecule has 0 radical (unpaired) electrons. The summed E-state index contributed by atoms with van der Waals surface area (Å²) in [7, 11) is 2.07. The second-order valence-electron chi connectivity index (χ2n) is 5.16. The van der Waals surface area contributed by atoms with E-state index in [1.54, 1.807) is 11.3 Å². The summed E-state index contributed by atoms with van der Waals surface area (Å²) in [5, 5.41) is 1.02. The fraction of sp³-hybridized carbons (Fsp3) is 0.438. The number of aromatic nitrogens is 1. The molecule has 0 fully saturated rings. The van der Waals surface area contributed by atoms with Crippen molar-refractivity contribution in [2.24, 2.45) is 5.73 Å². The minimum Gasteiger partial charge on any atom is -0.326 e. The molecule has 1 aromatic heterocycles. The van der Waals surface area contributed by atoms with Gasteiger partial charge in [-0.1, -0.05) is 43.4 Å². The Morgan fingerprint density at radius 1 is 1.35 bits per heavy atom. The number of benzene rings is 1. The molecule has 2 N–H and O–H groups in total. The van der Waals surface area contributed by atoms with Gasteiger partial charge in [-0.25, -0.2) is 4.98 Å². The molecule has 0 bridgehead atoms. The fourth-order valence-electron chi connectivity index (χ4n) is 2.26. The van der Waals surface area contributed by atoms with Gasteiger partial charge in [0.15, 0.2) is 5.13 Å². The van der Waals surface area contributed by atoms with Crippen molar-refractivity contribution in [3.05, 3.63) is 40.4 Å². The van der Waals surface area contributed by atoms with Gasteiger partial charge in [-0.05, 0) is 30.9 Å². The zero-order chi connectivity index (χ0) is 14.7. The number of aryl methyl sites for hydroxylation is 1. The van der Waals surface area contributed by atoms with E-state index in [2.05, 4.69) is 57.0 Å². The smallest absolute Gasteiger partial charge is 0.190 e. The maximum atomic E-state index is 5.88. The van der Waals surface area contributed by atoms with E-state index in [1.165, 1.54) is 16.1 Å². The highest BCUT2D eigenvalue weighted by Crippen LogP contribution is 2.35. The van der Waals surface area contributed by atoms with E-state index in [4.69, 9.17) is 10.7 Å². The topological polar surface area (TPSA) is 42.2 Å².